The number of rotatable bonds is 4. The van der Waals surface area contributed by atoms with Crippen LogP contribution < -0.4 is 14.8 Å². The van der Waals surface area contributed by atoms with Crippen LogP contribution in [0, 0.1) is 0 Å². The Hall–Kier alpha value is -2.83. The molecule has 1 aromatic heterocycles. The van der Waals surface area contributed by atoms with E-state index in [1.54, 1.807) is 6.07 Å². The van der Waals surface area contributed by atoms with E-state index in [-0.39, 0.29) is 12.7 Å². The number of amides is 1. The number of aromatic nitrogens is 2. The molecule has 1 aromatic carbocycles. The molecule has 4 rings (SSSR count). The predicted octanol–water partition coefficient (Wildman–Crippen LogP) is 2.44. The molecule has 0 spiro atoms. The van der Waals surface area contributed by atoms with Gasteiger partial charge in [0.05, 0.1) is 0 Å². The maximum absolute atomic E-state index is 12.5. The standard InChI is InChI=1S/C18H20N4O3/c23-18(22-6-2-1-3-7-22)14-9-17(21-11-20-14)19-10-13-4-5-15-16(8-13)25-12-24-15/h4-5,8-9,11H,1-3,6-7,10,12H2,(H,19,20,21). The Morgan fingerprint density at radius 2 is 1.92 bits per heavy atom. The second kappa shape index (κ2) is 6.96. The Bertz CT molecular complexity index is 775. The van der Waals surface area contributed by atoms with E-state index < -0.39 is 0 Å². The zero-order chi connectivity index (χ0) is 17.1. The summed E-state index contributed by atoms with van der Waals surface area (Å²) in [5.41, 5.74) is 1.48. The third-order valence-corrected chi connectivity index (χ3v) is 4.44. The molecular weight excluding hydrogens is 320 g/mol. The SMILES string of the molecule is O=C(c1cc(NCc2ccc3c(c2)OCO3)ncn1)N1CCCCC1. The Kier molecular flexibility index (Phi) is 4.37. The Morgan fingerprint density at radius 1 is 1.08 bits per heavy atom. The highest BCUT2D eigenvalue weighted by Crippen LogP contribution is 2.32. The van der Waals surface area contributed by atoms with E-state index in [1.165, 1.54) is 12.7 Å². The summed E-state index contributed by atoms with van der Waals surface area (Å²) in [5, 5.41) is 3.23. The fourth-order valence-electron chi connectivity index (χ4n) is 3.07. The largest absolute Gasteiger partial charge is 0.454 e. The lowest BCUT2D eigenvalue weighted by molar-refractivity contribution is 0.0718. The monoisotopic (exact) mass is 340 g/mol. The van der Waals surface area contributed by atoms with E-state index in [0.717, 1.165) is 43.0 Å². The van der Waals surface area contributed by atoms with Crippen LogP contribution in [0.5, 0.6) is 11.5 Å². The van der Waals surface area contributed by atoms with Gasteiger partial charge in [0.1, 0.15) is 17.8 Å². The fourth-order valence-corrected chi connectivity index (χ4v) is 3.07. The zero-order valence-corrected chi connectivity index (χ0v) is 13.9. The first-order chi connectivity index (χ1) is 12.3. The van der Waals surface area contributed by atoms with Crippen LogP contribution in [0.3, 0.4) is 0 Å². The Balaban J connectivity index is 1.42. The Labute approximate surface area is 146 Å². The molecule has 25 heavy (non-hydrogen) atoms. The van der Waals surface area contributed by atoms with Gasteiger partial charge >= 0.3 is 0 Å². The summed E-state index contributed by atoms with van der Waals surface area (Å²) in [6.45, 7) is 2.46. The number of hydrogen-bond donors (Lipinski definition) is 1. The fraction of sp³-hybridized carbons (Fsp3) is 0.389. The first kappa shape index (κ1) is 15.7. The van der Waals surface area contributed by atoms with E-state index >= 15 is 0 Å². The van der Waals surface area contributed by atoms with Crippen molar-refractivity contribution in [2.75, 3.05) is 25.2 Å². The average Bonchev–Trinajstić information content (AvgIpc) is 3.14. The van der Waals surface area contributed by atoms with E-state index in [2.05, 4.69) is 15.3 Å². The van der Waals surface area contributed by atoms with Gasteiger partial charge in [0.25, 0.3) is 5.91 Å². The second-order valence-corrected chi connectivity index (χ2v) is 6.18. The highest BCUT2D eigenvalue weighted by molar-refractivity contribution is 5.92. The van der Waals surface area contributed by atoms with Crippen LogP contribution in [0.1, 0.15) is 35.3 Å². The van der Waals surface area contributed by atoms with Gasteiger partial charge in [-0.05, 0) is 37.0 Å². The minimum atomic E-state index is -0.0202. The third kappa shape index (κ3) is 3.50. The van der Waals surface area contributed by atoms with Crippen molar-refractivity contribution in [3.05, 3.63) is 41.9 Å². The molecule has 0 aliphatic carbocycles. The molecule has 2 aromatic rings. The van der Waals surface area contributed by atoms with Gasteiger partial charge in [0, 0.05) is 25.7 Å². The van der Waals surface area contributed by atoms with Crippen LogP contribution in [0.2, 0.25) is 0 Å². The molecule has 0 atom stereocenters. The van der Waals surface area contributed by atoms with Gasteiger partial charge in [-0.2, -0.15) is 0 Å². The molecule has 1 amide bonds. The van der Waals surface area contributed by atoms with Crippen molar-refractivity contribution in [2.45, 2.75) is 25.8 Å². The predicted molar refractivity (Wildman–Crippen MR) is 91.7 cm³/mol. The summed E-state index contributed by atoms with van der Waals surface area (Å²) >= 11 is 0. The number of hydrogen-bond acceptors (Lipinski definition) is 6. The Morgan fingerprint density at radius 3 is 2.80 bits per heavy atom. The van der Waals surface area contributed by atoms with Gasteiger partial charge in [0.2, 0.25) is 6.79 Å². The summed E-state index contributed by atoms with van der Waals surface area (Å²) in [5.74, 6) is 2.13. The number of likely N-dealkylation sites (tertiary alicyclic amines) is 1. The summed E-state index contributed by atoms with van der Waals surface area (Å²) in [4.78, 5) is 22.7. The maximum Gasteiger partial charge on any atom is 0.272 e. The van der Waals surface area contributed by atoms with Gasteiger partial charge in [-0.15, -0.1) is 0 Å². The van der Waals surface area contributed by atoms with Crippen LogP contribution in [0.15, 0.2) is 30.6 Å². The molecule has 2 aliphatic rings. The number of carbonyl (C=O) groups excluding carboxylic acids is 1. The third-order valence-electron chi connectivity index (χ3n) is 4.44. The van der Waals surface area contributed by atoms with Crippen molar-refractivity contribution in [3.8, 4) is 11.5 Å². The van der Waals surface area contributed by atoms with E-state index in [0.29, 0.717) is 18.1 Å². The highest BCUT2D eigenvalue weighted by atomic mass is 16.7. The van der Waals surface area contributed by atoms with E-state index in [9.17, 15) is 4.79 Å². The van der Waals surface area contributed by atoms with Gasteiger partial charge in [-0.25, -0.2) is 9.97 Å². The number of piperidine rings is 1. The smallest absolute Gasteiger partial charge is 0.272 e. The number of benzene rings is 1. The number of nitrogens with one attached hydrogen (secondary N) is 1. The molecule has 130 valence electrons. The lowest BCUT2D eigenvalue weighted by Crippen LogP contribution is -2.36. The molecule has 1 fully saturated rings. The first-order valence-electron chi connectivity index (χ1n) is 8.53. The minimum Gasteiger partial charge on any atom is -0.454 e. The van der Waals surface area contributed by atoms with Crippen molar-refractivity contribution < 1.29 is 14.3 Å². The molecule has 1 N–H and O–H groups in total. The quantitative estimate of drug-likeness (QED) is 0.921. The topological polar surface area (TPSA) is 76.6 Å². The van der Waals surface area contributed by atoms with E-state index in [1.807, 2.05) is 23.1 Å². The van der Waals surface area contributed by atoms with Gasteiger partial charge in [-0.1, -0.05) is 6.07 Å². The molecule has 7 nitrogen and oxygen atoms in total. The zero-order valence-electron chi connectivity index (χ0n) is 13.9. The normalized spacial score (nSPS) is 15.9. The molecule has 1 saturated heterocycles. The average molecular weight is 340 g/mol. The molecular formula is C18H20N4O3. The first-order valence-corrected chi connectivity index (χ1v) is 8.53. The van der Waals surface area contributed by atoms with Gasteiger partial charge in [-0.3, -0.25) is 4.79 Å². The van der Waals surface area contributed by atoms with E-state index in [4.69, 9.17) is 9.47 Å². The minimum absolute atomic E-state index is 0.0202. The lowest BCUT2D eigenvalue weighted by Gasteiger charge is -2.26. The molecule has 0 bridgehead atoms. The van der Waals surface area contributed by atoms with Gasteiger partial charge in [0.15, 0.2) is 11.5 Å². The maximum atomic E-state index is 12.5. The summed E-state index contributed by atoms with van der Waals surface area (Å²) in [6, 6.07) is 7.52. The lowest BCUT2D eigenvalue weighted by atomic mass is 10.1. The molecule has 2 aliphatic heterocycles. The highest BCUT2D eigenvalue weighted by Gasteiger charge is 2.19. The molecule has 0 unspecified atom stereocenters. The van der Waals surface area contributed by atoms with Crippen LogP contribution >= 0.6 is 0 Å². The van der Waals surface area contributed by atoms with Crippen molar-refractivity contribution >= 4 is 11.7 Å². The van der Waals surface area contributed by atoms with Crippen LogP contribution in [0.4, 0.5) is 5.82 Å². The number of nitrogens with zero attached hydrogens (tertiary/aromatic N) is 3. The van der Waals surface area contributed by atoms with Crippen molar-refractivity contribution in [1.29, 1.82) is 0 Å². The van der Waals surface area contributed by atoms with Crippen LogP contribution in [0.25, 0.3) is 0 Å². The van der Waals surface area contributed by atoms with Crippen molar-refractivity contribution in [1.82, 2.24) is 14.9 Å². The van der Waals surface area contributed by atoms with Crippen LogP contribution in [-0.2, 0) is 6.54 Å². The summed E-state index contributed by atoms with van der Waals surface area (Å²) in [7, 11) is 0. The van der Waals surface area contributed by atoms with Crippen LogP contribution in [-0.4, -0.2) is 40.7 Å². The molecule has 7 heteroatoms. The number of anilines is 1. The second-order valence-electron chi connectivity index (χ2n) is 6.18. The number of ether oxygens (including phenoxy) is 2. The summed E-state index contributed by atoms with van der Waals surface area (Å²) in [6.07, 6.45) is 4.74. The molecule has 3 heterocycles. The van der Waals surface area contributed by atoms with Gasteiger partial charge < -0.3 is 19.7 Å². The number of carbonyl (C=O) groups is 1. The number of fused-ring (bicyclic) bond motifs is 1. The molecule has 0 saturated carbocycles. The molecule has 0 radical (unpaired) electrons. The summed E-state index contributed by atoms with van der Waals surface area (Å²) < 4.78 is 10.7. The van der Waals surface area contributed by atoms with Crippen molar-refractivity contribution in [3.63, 3.8) is 0 Å². The van der Waals surface area contributed by atoms with Crippen molar-refractivity contribution in [2.24, 2.45) is 0 Å².